The summed E-state index contributed by atoms with van der Waals surface area (Å²) < 4.78 is 5.81. The normalized spacial score (nSPS) is 17.5. The van der Waals surface area contributed by atoms with E-state index in [2.05, 4.69) is 22.3 Å². The van der Waals surface area contributed by atoms with E-state index >= 15 is 0 Å². The molecule has 1 N–H and O–H groups in total. The van der Waals surface area contributed by atoms with Crippen LogP contribution in [0.5, 0.6) is 5.75 Å². The largest absolute Gasteiger partial charge is 0.490 e. The molecule has 0 radical (unpaired) electrons. The fourth-order valence-corrected chi connectivity index (χ4v) is 4.66. The van der Waals surface area contributed by atoms with Gasteiger partial charge in [-0.3, -0.25) is 14.5 Å². The Kier molecular flexibility index (Phi) is 7.63. The Morgan fingerprint density at radius 3 is 2.56 bits per heavy atom. The zero-order chi connectivity index (χ0) is 22.1. The molecule has 1 amide bonds. The fourth-order valence-electron chi connectivity index (χ4n) is 4.66. The number of carbonyl (C=O) groups excluding carboxylic acids is 2. The molecule has 6 heteroatoms. The molecule has 4 rings (SSSR count). The maximum atomic E-state index is 13.0. The number of nitrogens with one attached hydrogen (secondary N) is 1. The third-order valence-corrected chi connectivity index (χ3v) is 6.19. The summed E-state index contributed by atoms with van der Waals surface area (Å²) in [6, 6.07) is 11.8. The van der Waals surface area contributed by atoms with Gasteiger partial charge in [-0.2, -0.15) is 0 Å². The van der Waals surface area contributed by atoms with E-state index in [1.165, 1.54) is 24.0 Å². The number of amides is 1. The number of rotatable bonds is 6. The van der Waals surface area contributed by atoms with E-state index in [9.17, 15) is 9.59 Å². The molecule has 2 aliphatic rings. The number of nitrogens with zero attached hydrogens (tertiary/aromatic N) is 1. The summed E-state index contributed by atoms with van der Waals surface area (Å²) in [5, 5.41) is 3.03. The third-order valence-electron chi connectivity index (χ3n) is 6.19. The van der Waals surface area contributed by atoms with Crippen LogP contribution in [0, 0.1) is 5.92 Å². The summed E-state index contributed by atoms with van der Waals surface area (Å²) in [6.07, 6.45) is 3.43. The number of halogens is 1. The first-order valence-electron chi connectivity index (χ1n) is 11.4. The second-order valence-electron chi connectivity index (χ2n) is 9.21. The summed E-state index contributed by atoms with van der Waals surface area (Å²) in [6.45, 7) is 9.85. The predicted octanol–water partition coefficient (Wildman–Crippen LogP) is 5.68. The van der Waals surface area contributed by atoms with Crippen LogP contribution in [-0.4, -0.2) is 35.8 Å². The highest BCUT2D eigenvalue weighted by Gasteiger charge is 2.31. The van der Waals surface area contributed by atoms with E-state index < -0.39 is 0 Å². The summed E-state index contributed by atoms with van der Waals surface area (Å²) in [7, 11) is 0. The molecular formula is C26H33ClN2O3. The van der Waals surface area contributed by atoms with Crippen LogP contribution in [0.15, 0.2) is 36.4 Å². The molecule has 2 aromatic carbocycles. The van der Waals surface area contributed by atoms with Gasteiger partial charge in [-0.1, -0.05) is 19.9 Å². The van der Waals surface area contributed by atoms with Crippen molar-refractivity contribution >= 4 is 29.8 Å². The lowest BCUT2D eigenvalue weighted by Gasteiger charge is -2.32. The lowest BCUT2D eigenvalue weighted by molar-refractivity contribution is 0.0933. The van der Waals surface area contributed by atoms with Crippen molar-refractivity contribution in [2.45, 2.75) is 59.1 Å². The molecule has 2 aliphatic heterocycles. The lowest BCUT2D eigenvalue weighted by atomic mass is 9.92. The fraction of sp³-hybridized carbons (Fsp3) is 0.462. The highest BCUT2D eigenvalue weighted by molar-refractivity contribution is 6.07. The molecule has 0 aliphatic carbocycles. The lowest BCUT2D eigenvalue weighted by Crippen LogP contribution is -2.31. The van der Waals surface area contributed by atoms with Crippen molar-refractivity contribution < 1.29 is 14.3 Å². The van der Waals surface area contributed by atoms with Crippen molar-refractivity contribution in [1.29, 1.82) is 0 Å². The molecule has 1 fully saturated rings. The summed E-state index contributed by atoms with van der Waals surface area (Å²) in [5.41, 5.74) is 4.46. The minimum absolute atomic E-state index is 0. The van der Waals surface area contributed by atoms with Crippen LogP contribution < -0.4 is 10.1 Å². The first-order valence-corrected chi connectivity index (χ1v) is 11.4. The molecule has 1 unspecified atom stereocenters. The summed E-state index contributed by atoms with van der Waals surface area (Å²) in [4.78, 5) is 28.3. The maximum absolute atomic E-state index is 13.0. The Labute approximate surface area is 196 Å². The summed E-state index contributed by atoms with van der Waals surface area (Å²) >= 11 is 0. The van der Waals surface area contributed by atoms with E-state index in [-0.39, 0.29) is 36.1 Å². The van der Waals surface area contributed by atoms with Crippen molar-refractivity contribution in [2.24, 2.45) is 5.92 Å². The van der Waals surface area contributed by atoms with Crippen molar-refractivity contribution in [3.05, 3.63) is 58.7 Å². The molecule has 0 bridgehead atoms. The summed E-state index contributed by atoms with van der Waals surface area (Å²) in [5.74, 6) is 0.108. The molecule has 1 atom stereocenters. The van der Waals surface area contributed by atoms with E-state index in [0.717, 1.165) is 25.2 Å². The molecule has 0 spiro atoms. The average Bonchev–Trinajstić information content (AvgIpc) is 3.22. The highest BCUT2D eigenvalue weighted by Crippen LogP contribution is 2.38. The van der Waals surface area contributed by atoms with Gasteiger partial charge < -0.3 is 10.1 Å². The second kappa shape index (κ2) is 10.1. The van der Waals surface area contributed by atoms with Gasteiger partial charge >= 0.3 is 0 Å². The minimum atomic E-state index is -0.215. The van der Waals surface area contributed by atoms with Crippen LogP contribution in [0.4, 0.5) is 5.69 Å². The van der Waals surface area contributed by atoms with Crippen molar-refractivity contribution in [3.8, 4) is 5.75 Å². The number of Topliss-reactive ketones (excluding diaryl/α,β-unsaturated/α-hetero) is 1. The molecule has 172 valence electrons. The van der Waals surface area contributed by atoms with Crippen LogP contribution in [-0.2, 0) is 6.42 Å². The molecule has 0 aromatic heterocycles. The maximum Gasteiger partial charge on any atom is 0.255 e. The number of benzene rings is 2. The van der Waals surface area contributed by atoms with Crippen molar-refractivity contribution in [2.75, 3.05) is 18.4 Å². The van der Waals surface area contributed by atoms with Crippen LogP contribution in [0.25, 0.3) is 0 Å². The molecule has 2 aromatic rings. The number of anilines is 1. The smallest absolute Gasteiger partial charge is 0.255 e. The van der Waals surface area contributed by atoms with Crippen molar-refractivity contribution in [1.82, 2.24) is 4.90 Å². The van der Waals surface area contributed by atoms with Gasteiger partial charge in [0.05, 0.1) is 11.7 Å². The predicted molar refractivity (Wildman–Crippen MR) is 130 cm³/mol. The van der Waals surface area contributed by atoms with Gasteiger partial charge in [0.2, 0.25) is 0 Å². The Morgan fingerprint density at radius 1 is 1.06 bits per heavy atom. The molecule has 0 saturated carbocycles. The minimum Gasteiger partial charge on any atom is -0.490 e. The molecular weight excluding hydrogens is 424 g/mol. The standard InChI is InChI=1S/C26H32N2O3.ClH/c1-16(2)25(29)22-14-19(8-10-24(22)31-17(3)4)26(30)27-20-9-7-18-11-13-28-12-5-6-23(28)21(18)15-20;/h7-10,14-17,23H,5-6,11-13H2,1-4H3,(H,27,30);1H. The molecule has 1 saturated heterocycles. The number of hydrogen-bond donors (Lipinski definition) is 1. The highest BCUT2D eigenvalue weighted by atomic mass is 35.5. The van der Waals surface area contributed by atoms with E-state index in [0.29, 0.717) is 22.9 Å². The van der Waals surface area contributed by atoms with Crippen LogP contribution >= 0.6 is 12.4 Å². The Balaban J connectivity index is 0.00000289. The monoisotopic (exact) mass is 456 g/mol. The first kappa shape index (κ1) is 24.3. The Bertz CT molecular complexity index is 1000. The zero-order valence-corrected chi connectivity index (χ0v) is 20.1. The quantitative estimate of drug-likeness (QED) is 0.568. The molecule has 5 nitrogen and oxygen atoms in total. The second-order valence-corrected chi connectivity index (χ2v) is 9.21. The Hall–Kier alpha value is -2.37. The SMILES string of the molecule is CC(C)Oc1ccc(C(=O)Nc2ccc3c(c2)C2CCCN2CC3)cc1C(=O)C(C)C.Cl. The van der Waals surface area contributed by atoms with Gasteiger partial charge in [0, 0.05) is 29.8 Å². The molecule has 2 heterocycles. The van der Waals surface area contributed by atoms with Gasteiger partial charge in [-0.25, -0.2) is 0 Å². The first-order chi connectivity index (χ1) is 14.8. The van der Waals surface area contributed by atoms with Gasteiger partial charge in [-0.05, 0) is 81.1 Å². The number of carbonyl (C=O) groups is 2. The number of ether oxygens (including phenoxy) is 1. The number of hydrogen-bond acceptors (Lipinski definition) is 4. The van der Waals surface area contributed by atoms with Gasteiger partial charge in [-0.15, -0.1) is 12.4 Å². The van der Waals surface area contributed by atoms with Crippen LogP contribution in [0.1, 0.15) is 78.4 Å². The van der Waals surface area contributed by atoms with Crippen molar-refractivity contribution in [3.63, 3.8) is 0 Å². The zero-order valence-electron chi connectivity index (χ0n) is 19.3. The van der Waals surface area contributed by atoms with E-state index in [1.807, 2.05) is 33.8 Å². The van der Waals surface area contributed by atoms with Crippen LogP contribution in [0.2, 0.25) is 0 Å². The molecule has 32 heavy (non-hydrogen) atoms. The topological polar surface area (TPSA) is 58.6 Å². The number of fused-ring (bicyclic) bond motifs is 3. The van der Waals surface area contributed by atoms with E-state index in [1.54, 1.807) is 18.2 Å². The number of ketones is 1. The third kappa shape index (κ3) is 5.00. The van der Waals surface area contributed by atoms with Gasteiger partial charge in [0.25, 0.3) is 5.91 Å². The average molecular weight is 457 g/mol. The van der Waals surface area contributed by atoms with Gasteiger partial charge in [0.15, 0.2) is 5.78 Å². The van der Waals surface area contributed by atoms with E-state index in [4.69, 9.17) is 4.74 Å². The van der Waals surface area contributed by atoms with Crippen LogP contribution in [0.3, 0.4) is 0 Å². The Morgan fingerprint density at radius 2 is 1.84 bits per heavy atom. The van der Waals surface area contributed by atoms with Gasteiger partial charge in [0.1, 0.15) is 5.75 Å².